The maximum atomic E-state index is 12.5. The van der Waals surface area contributed by atoms with E-state index in [0.717, 1.165) is 24.0 Å². The Labute approximate surface area is 144 Å². The molecule has 0 heterocycles. The van der Waals surface area contributed by atoms with E-state index in [0.29, 0.717) is 6.04 Å². The molecule has 2 aromatic rings. The van der Waals surface area contributed by atoms with Crippen molar-refractivity contribution in [2.75, 3.05) is 0 Å². The Kier molecular flexibility index (Phi) is 5.52. The number of hydrogen-bond donors (Lipinski definition) is 2. The van der Waals surface area contributed by atoms with Gasteiger partial charge < -0.3 is 10.6 Å². The van der Waals surface area contributed by atoms with Gasteiger partial charge in [0.1, 0.15) is 0 Å². The summed E-state index contributed by atoms with van der Waals surface area (Å²) in [5.41, 5.74) is 3.42. The van der Waals surface area contributed by atoms with E-state index in [9.17, 15) is 4.79 Å². The fourth-order valence-electron chi connectivity index (χ4n) is 3.37. The quantitative estimate of drug-likeness (QED) is 0.840. The number of carbonyl (C=O) groups is 1. The second-order valence-electron chi connectivity index (χ2n) is 6.71. The van der Waals surface area contributed by atoms with Crippen molar-refractivity contribution in [2.24, 2.45) is 0 Å². The third-order valence-corrected chi connectivity index (χ3v) is 4.76. The second kappa shape index (κ2) is 8.00. The Balaban J connectivity index is 1.74. The standard InChI is InChI=1S/C21H26N2O/c1-16-12-14-18(15-13-16)20(17-8-4-2-5-9-17)23-21(24)22-19-10-6-3-7-11-19/h2,4-5,8-9,12-15,19-20H,3,6-7,10-11H2,1H3,(H2,22,23,24)/t20-/m1/s1. The maximum absolute atomic E-state index is 12.5. The zero-order chi connectivity index (χ0) is 16.8. The fourth-order valence-corrected chi connectivity index (χ4v) is 3.37. The molecule has 2 amide bonds. The molecule has 1 fully saturated rings. The number of rotatable bonds is 4. The molecule has 1 saturated carbocycles. The second-order valence-corrected chi connectivity index (χ2v) is 6.71. The molecule has 126 valence electrons. The smallest absolute Gasteiger partial charge is 0.315 e. The zero-order valence-corrected chi connectivity index (χ0v) is 14.3. The van der Waals surface area contributed by atoms with Gasteiger partial charge in [0.05, 0.1) is 6.04 Å². The van der Waals surface area contributed by atoms with Crippen molar-refractivity contribution < 1.29 is 4.79 Å². The number of aryl methyl sites for hydroxylation is 1. The Morgan fingerprint density at radius 2 is 1.54 bits per heavy atom. The first-order chi connectivity index (χ1) is 11.7. The Morgan fingerprint density at radius 3 is 2.21 bits per heavy atom. The van der Waals surface area contributed by atoms with E-state index in [1.54, 1.807) is 0 Å². The molecule has 0 aliphatic heterocycles. The van der Waals surface area contributed by atoms with Gasteiger partial charge in [0.15, 0.2) is 0 Å². The molecule has 0 bridgehead atoms. The van der Waals surface area contributed by atoms with Crippen LogP contribution in [0.25, 0.3) is 0 Å². The van der Waals surface area contributed by atoms with Crippen LogP contribution in [0, 0.1) is 6.92 Å². The average molecular weight is 322 g/mol. The highest BCUT2D eigenvalue weighted by Crippen LogP contribution is 2.23. The maximum Gasteiger partial charge on any atom is 0.315 e. The van der Waals surface area contributed by atoms with Crippen LogP contribution in [0.3, 0.4) is 0 Å². The average Bonchev–Trinajstić information content (AvgIpc) is 2.62. The van der Waals surface area contributed by atoms with Crippen molar-refractivity contribution in [3.8, 4) is 0 Å². The Morgan fingerprint density at radius 1 is 0.917 bits per heavy atom. The number of amides is 2. The highest BCUT2D eigenvalue weighted by molar-refractivity contribution is 5.75. The topological polar surface area (TPSA) is 41.1 Å². The first-order valence-corrected chi connectivity index (χ1v) is 8.91. The van der Waals surface area contributed by atoms with Gasteiger partial charge in [-0.2, -0.15) is 0 Å². The minimum atomic E-state index is -0.129. The fraction of sp³-hybridized carbons (Fsp3) is 0.381. The van der Waals surface area contributed by atoms with Gasteiger partial charge in [-0.05, 0) is 30.9 Å². The van der Waals surface area contributed by atoms with Gasteiger partial charge in [-0.15, -0.1) is 0 Å². The first-order valence-electron chi connectivity index (χ1n) is 8.91. The molecule has 0 radical (unpaired) electrons. The van der Waals surface area contributed by atoms with Crippen molar-refractivity contribution in [3.05, 3.63) is 71.3 Å². The summed E-state index contributed by atoms with van der Waals surface area (Å²) in [5, 5.41) is 6.32. The lowest BCUT2D eigenvalue weighted by Crippen LogP contribution is -2.44. The van der Waals surface area contributed by atoms with Gasteiger partial charge in [0.25, 0.3) is 0 Å². The van der Waals surface area contributed by atoms with Crippen LogP contribution in [0.5, 0.6) is 0 Å². The molecular weight excluding hydrogens is 296 g/mol. The number of benzene rings is 2. The number of nitrogens with one attached hydrogen (secondary N) is 2. The van der Waals surface area contributed by atoms with Crippen LogP contribution >= 0.6 is 0 Å². The number of carbonyl (C=O) groups excluding carboxylic acids is 1. The van der Waals surface area contributed by atoms with Crippen LogP contribution in [0.2, 0.25) is 0 Å². The third kappa shape index (κ3) is 4.38. The van der Waals surface area contributed by atoms with Crippen molar-refractivity contribution >= 4 is 6.03 Å². The molecule has 1 atom stereocenters. The summed E-state index contributed by atoms with van der Waals surface area (Å²) in [7, 11) is 0. The van der Waals surface area contributed by atoms with E-state index in [-0.39, 0.29) is 12.1 Å². The van der Waals surface area contributed by atoms with Crippen LogP contribution in [0.4, 0.5) is 4.79 Å². The van der Waals surface area contributed by atoms with Gasteiger partial charge >= 0.3 is 6.03 Å². The predicted molar refractivity (Wildman–Crippen MR) is 98.0 cm³/mol. The molecule has 1 aliphatic rings. The lowest BCUT2D eigenvalue weighted by molar-refractivity contribution is 0.230. The van der Waals surface area contributed by atoms with E-state index >= 15 is 0 Å². The summed E-state index contributed by atoms with van der Waals surface area (Å²) in [6, 6.07) is 18.6. The zero-order valence-electron chi connectivity index (χ0n) is 14.3. The van der Waals surface area contributed by atoms with Crippen LogP contribution in [0.15, 0.2) is 54.6 Å². The van der Waals surface area contributed by atoms with Gasteiger partial charge in [-0.25, -0.2) is 4.79 Å². The van der Waals surface area contributed by atoms with Gasteiger partial charge in [-0.1, -0.05) is 79.4 Å². The Hall–Kier alpha value is -2.29. The molecular formula is C21H26N2O. The SMILES string of the molecule is Cc1ccc([C@H](NC(=O)NC2CCCCC2)c2ccccc2)cc1. The summed E-state index contributed by atoms with van der Waals surface area (Å²) in [6.07, 6.45) is 5.90. The molecule has 1 aliphatic carbocycles. The highest BCUT2D eigenvalue weighted by atomic mass is 16.2. The minimum absolute atomic E-state index is 0.0728. The minimum Gasteiger partial charge on any atom is -0.335 e. The summed E-state index contributed by atoms with van der Waals surface area (Å²) in [4.78, 5) is 12.5. The lowest BCUT2D eigenvalue weighted by Gasteiger charge is -2.25. The molecule has 2 aromatic carbocycles. The molecule has 0 saturated heterocycles. The van der Waals surface area contributed by atoms with Gasteiger partial charge in [-0.3, -0.25) is 0 Å². The van der Waals surface area contributed by atoms with Crippen LogP contribution < -0.4 is 10.6 Å². The van der Waals surface area contributed by atoms with E-state index < -0.39 is 0 Å². The van der Waals surface area contributed by atoms with Crippen molar-refractivity contribution in [2.45, 2.75) is 51.1 Å². The van der Waals surface area contributed by atoms with E-state index in [1.165, 1.54) is 24.8 Å². The highest BCUT2D eigenvalue weighted by Gasteiger charge is 2.20. The van der Waals surface area contributed by atoms with E-state index in [2.05, 4.69) is 54.0 Å². The molecule has 3 heteroatoms. The summed E-state index contributed by atoms with van der Waals surface area (Å²) in [5.74, 6) is 0. The summed E-state index contributed by atoms with van der Waals surface area (Å²) in [6.45, 7) is 2.07. The third-order valence-electron chi connectivity index (χ3n) is 4.76. The van der Waals surface area contributed by atoms with Crippen molar-refractivity contribution in [1.82, 2.24) is 10.6 Å². The molecule has 3 nitrogen and oxygen atoms in total. The summed E-state index contributed by atoms with van der Waals surface area (Å²) < 4.78 is 0. The van der Waals surface area contributed by atoms with Crippen LogP contribution in [-0.2, 0) is 0 Å². The molecule has 0 unspecified atom stereocenters. The van der Waals surface area contributed by atoms with E-state index in [1.807, 2.05) is 18.2 Å². The molecule has 0 aromatic heterocycles. The summed E-state index contributed by atoms with van der Waals surface area (Å²) >= 11 is 0. The lowest BCUT2D eigenvalue weighted by atomic mass is 9.95. The monoisotopic (exact) mass is 322 g/mol. The van der Waals surface area contributed by atoms with E-state index in [4.69, 9.17) is 0 Å². The largest absolute Gasteiger partial charge is 0.335 e. The first kappa shape index (κ1) is 16.6. The van der Waals surface area contributed by atoms with Crippen LogP contribution in [0.1, 0.15) is 54.8 Å². The Bertz CT molecular complexity index is 645. The number of hydrogen-bond acceptors (Lipinski definition) is 1. The molecule has 2 N–H and O–H groups in total. The molecule has 24 heavy (non-hydrogen) atoms. The van der Waals surface area contributed by atoms with Crippen LogP contribution in [-0.4, -0.2) is 12.1 Å². The molecule has 0 spiro atoms. The number of urea groups is 1. The van der Waals surface area contributed by atoms with Gasteiger partial charge in [0.2, 0.25) is 0 Å². The normalized spacial score (nSPS) is 16.4. The van der Waals surface area contributed by atoms with Crippen molar-refractivity contribution in [3.63, 3.8) is 0 Å². The predicted octanol–water partition coefficient (Wildman–Crippen LogP) is 4.72. The van der Waals surface area contributed by atoms with Crippen molar-refractivity contribution in [1.29, 1.82) is 0 Å². The molecule has 3 rings (SSSR count). The van der Waals surface area contributed by atoms with Gasteiger partial charge in [0, 0.05) is 6.04 Å².